The van der Waals surface area contributed by atoms with E-state index in [2.05, 4.69) is 157 Å². The van der Waals surface area contributed by atoms with Gasteiger partial charge in [-0.2, -0.15) is 0 Å². The number of ether oxygens (including phenoxy) is 6. The number of carbonyl (C=O) groups excluding carboxylic acids is 12. The summed E-state index contributed by atoms with van der Waals surface area (Å²) < 4.78 is 28.9. The zero-order valence-electron chi connectivity index (χ0n) is 75.4. The van der Waals surface area contributed by atoms with Gasteiger partial charge >= 0.3 is 35.8 Å². The van der Waals surface area contributed by atoms with E-state index >= 15 is 0 Å². The van der Waals surface area contributed by atoms with Crippen LogP contribution in [0.2, 0.25) is 0 Å². The molecule has 0 radical (unpaired) electrons. The van der Waals surface area contributed by atoms with E-state index in [4.69, 9.17) is 28.4 Å². The number of hydrogen-bond donors (Lipinski definition) is 6. The first-order valence-corrected chi connectivity index (χ1v) is 44.3. The Kier molecular flexibility index (Phi) is 53.5. The lowest BCUT2D eigenvalue weighted by molar-refractivity contribution is -0.144. The number of esters is 6. The first-order valence-electron chi connectivity index (χ1n) is 44.3. The molecule has 0 heterocycles. The fourth-order valence-electron chi connectivity index (χ4n) is 18.0. The van der Waals surface area contributed by atoms with Crippen LogP contribution in [0.4, 0.5) is 0 Å². The number of rotatable bonds is 30. The second kappa shape index (κ2) is 57.7. The highest BCUT2D eigenvalue weighted by Crippen LogP contribution is 2.43. The average molecular weight is 1620 g/mol. The largest absolute Gasteiger partial charge is 0.465 e. The molecule has 24 heteroatoms. The molecule has 114 heavy (non-hydrogen) atoms. The number of nitrogens with one attached hydrogen (secondary N) is 6. The van der Waals surface area contributed by atoms with E-state index in [0.29, 0.717) is 146 Å². The minimum Gasteiger partial charge on any atom is -0.465 e. The van der Waals surface area contributed by atoms with Gasteiger partial charge in [-0.25, -0.2) is 0 Å². The topological polar surface area (TPSA) is 332 Å². The van der Waals surface area contributed by atoms with Crippen molar-refractivity contribution in [2.75, 3.05) is 78.9 Å². The highest BCUT2D eigenvalue weighted by atomic mass is 16.6. The molecule has 6 aliphatic carbocycles. The monoisotopic (exact) mass is 1620 g/mol. The highest BCUT2D eigenvalue weighted by molar-refractivity contribution is 5.87. The molecule has 24 nitrogen and oxygen atoms in total. The molecule has 0 aromatic heterocycles. The summed E-state index contributed by atoms with van der Waals surface area (Å²) in [6.45, 7) is 51.9. The molecule has 6 rings (SSSR count). The average Bonchev–Trinajstić information content (AvgIpc) is 0.874. The smallest absolute Gasteiger partial charge is 0.325 e. The Balaban J connectivity index is 0.000000684. The molecule has 0 saturated heterocycles. The van der Waals surface area contributed by atoms with Crippen LogP contribution in [0, 0.1) is 142 Å². The van der Waals surface area contributed by atoms with Crippen LogP contribution in [-0.4, -0.2) is 150 Å². The summed E-state index contributed by atoms with van der Waals surface area (Å²) in [5.41, 5.74) is 0. The molecule has 0 aromatic carbocycles. The van der Waals surface area contributed by atoms with Crippen molar-refractivity contribution in [3.8, 4) is 0 Å². The van der Waals surface area contributed by atoms with Crippen molar-refractivity contribution >= 4 is 71.3 Å². The lowest BCUT2D eigenvalue weighted by Gasteiger charge is -2.36. The van der Waals surface area contributed by atoms with Crippen LogP contribution in [0.15, 0.2) is 0 Å². The Bertz CT molecular complexity index is 2370. The summed E-state index contributed by atoms with van der Waals surface area (Å²) in [6.07, 6.45) is 19.4. The maximum atomic E-state index is 12.2. The van der Waals surface area contributed by atoms with Crippen LogP contribution in [0.5, 0.6) is 0 Å². The zero-order valence-corrected chi connectivity index (χ0v) is 75.4. The lowest BCUT2D eigenvalue weighted by atomic mass is 9.70. The van der Waals surface area contributed by atoms with Gasteiger partial charge in [-0.15, -0.1) is 0 Å². The van der Waals surface area contributed by atoms with Crippen LogP contribution < -0.4 is 31.9 Å². The molecule has 0 aromatic rings. The van der Waals surface area contributed by atoms with Crippen molar-refractivity contribution in [2.45, 2.75) is 282 Å². The summed E-state index contributed by atoms with van der Waals surface area (Å²) in [6, 6.07) is 0. The molecule has 0 unspecified atom stereocenters. The van der Waals surface area contributed by atoms with Gasteiger partial charge in [0.15, 0.2) is 0 Å². The fraction of sp³-hybridized carbons (Fsp3) is 0.867. The van der Waals surface area contributed by atoms with Crippen LogP contribution in [0.3, 0.4) is 0 Å². The molecule has 660 valence electrons. The second-order valence-corrected chi connectivity index (χ2v) is 35.7. The van der Waals surface area contributed by atoms with Gasteiger partial charge in [-0.1, -0.05) is 163 Å². The molecular formula is C90H162N6O18. The van der Waals surface area contributed by atoms with E-state index in [1.165, 1.54) is 38.5 Å². The summed E-state index contributed by atoms with van der Waals surface area (Å²) in [4.78, 5) is 141. The molecule has 0 aliphatic heterocycles. The van der Waals surface area contributed by atoms with Crippen LogP contribution in [0.25, 0.3) is 0 Å². The quantitative estimate of drug-likeness (QED) is 0.0287. The molecule has 18 atom stereocenters. The van der Waals surface area contributed by atoms with Crippen molar-refractivity contribution in [3.63, 3.8) is 0 Å². The van der Waals surface area contributed by atoms with E-state index in [-0.39, 0.29) is 146 Å². The predicted molar refractivity (Wildman–Crippen MR) is 447 cm³/mol. The van der Waals surface area contributed by atoms with Gasteiger partial charge in [0.05, 0.1) is 39.6 Å². The Morgan fingerprint density at radius 3 is 0.430 bits per heavy atom. The SMILES string of the molecule is CCOC(=O)CNC(=O)[C@@H]1C[C@H](C)CC[C@H]1C(C)C.CCOC(=O)CNC(=O)[C@@H]1C[C@H](C)CC[C@H]1C(C)C.CCOC(=O)CNC(=O)[C@@H]1C[C@H](C)CC[C@H]1C(C)C.CCOC(=O)CNC(=O)[C@@H]1C[C@H](C)CC[C@H]1C(C)C.CCOC(=O)CNC(=O)[C@@H]1C[C@H](C)CC[C@H]1C(C)C.CCOC(=O)CNC(=O)[C@@H]1C[C@H](C)CC[C@H]1C(C)C. The summed E-state index contributed by atoms with van der Waals surface area (Å²) in [5, 5.41) is 16.4. The molecule has 6 amide bonds. The molecular weight excluding hydrogens is 1450 g/mol. The Morgan fingerprint density at radius 1 is 0.219 bits per heavy atom. The van der Waals surface area contributed by atoms with E-state index in [1.54, 1.807) is 41.5 Å². The normalized spacial score (nSPS) is 27.1. The van der Waals surface area contributed by atoms with Crippen molar-refractivity contribution < 1.29 is 86.0 Å². The highest BCUT2D eigenvalue weighted by Gasteiger charge is 2.41. The second-order valence-electron chi connectivity index (χ2n) is 35.7. The van der Waals surface area contributed by atoms with E-state index in [0.717, 1.165) is 77.0 Å². The summed E-state index contributed by atoms with van der Waals surface area (Å²) in [7, 11) is 0. The lowest BCUT2D eigenvalue weighted by Crippen LogP contribution is -2.42. The Labute approximate surface area is 688 Å². The van der Waals surface area contributed by atoms with Gasteiger partial charge in [0.2, 0.25) is 35.4 Å². The summed E-state index contributed by atoms with van der Waals surface area (Å²) in [5.74, 6) is 7.30. The third-order valence-corrected chi connectivity index (χ3v) is 24.4. The van der Waals surface area contributed by atoms with E-state index in [1.807, 2.05) is 0 Å². The summed E-state index contributed by atoms with van der Waals surface area (Å²) >= 11 is 0. The van der Waals surface area contributed by atoms with Crippen molar-refractivity contribution in [2.24, 2.45) is 142 Å². The standard InChI is InChI=1S/6C15H27NO3/c6*1-5-19-14(17)9-16-15(18)13-8-11(4)6-7-12(13)10(2)3/h6*10-13H,5-9H2,1-4H3,(H,16,18)/t6*11-,12+,13-/m111111/s1. The number of amides is 6. The van der Waals surface area contributed by atoms with Crippen molar-refractivity contribution in [1.29, 1.82) is 0 Å². The number of hydrogen-bond acceptors (Lipinski definition) is 18. The molecule has 6 fully saturated rings. The molecule has 6 aliphatic rings. The van der Waals surface area contributed by atoms with Crippen LogP contribution in [0.1, 0.15) is 282 Å². The Hall–Kier alpha value is -6.36. The molecule has 0 spiro atoms. The third-order valence-electron chi connectivity index (χ3n) is 24.4. The predicted octanol–water partition coefficient (Wildman–Crippen LogP) is 14.2. The van der Waals surface area contributed by atoms with Gasteiger partial charge in [0, 0.05) is 35.5 Å². The fourth-order valence-corrected chi connectivity index (χ4v) is 18.0. The maximum Gasteiger partial charge on any atom is 0.325 e. The van der Waals surface area contributed by atoms with Gasteiger partial charge in [-0.3, -0.25) is 57.5 Å². The van der Waals surface area contributed by atoms with E-state index < -0.39 is 0 Å². The minimum absolute atomic E-state index is 0.0115. The third kappa shape index (κ3) is 41.2. The van der Waals surface area contributed by atoms with Crippen LogP contribution >= 0.6 is 0 Å². The van der Waals surface area contributed by atoms with Crippen molar-refractivity contribution in [3.05, 3.63) is 0 Å². The van der Waals surface area contributed by atoms with Gasteiger partial charge in [0.25, 0.3) is 0 Å². The first-order chi connectivity index (χ1) is 53.7. The maximum absolute atomic E-state index is 12.2. The number of carbonyl (C=O) groups is 12. The molecule has 6 N–H and O–H groups in total. The molecule has 6 saturated carbocycles. The van der Waals surface area contributed by atoms with Gasteiger partial charge in [-0.05, 0) is 225 Å². The van der Waals surface area contributed by atoms with Gasteiger partial charge < -0.3 is 60.3 Å². The first kappa shape index (κ1) is 106. The Morgan fingerprint density at radius 2 is 0.333 bits per heavy atom. The van der Waals surface area contributed by atoms with E-state index in [9.17, 15) is 57.5 Å². The zero-order chi connectivity index (χ0) is 86.5. The van der Waals surface area contributed by atoms with Crippen molar-refractivity contribution in [1.82, 2.24) is 31.9 Å². The van der Waals surface area contributed by atoms with Gasteiger partial charge in [0.1, 0.15) is 39.3 Å². The minimum atomic E-state index is -0.360. The van der Waals surface area contributed by atoms with Crippen LogP contribution in [-0.2, 0) is 86.0 Å². The molecule has 0 bridgehead atoms.